The molecule has 0 bridgehead atoms. The number of ether oxygens (including phenoxy) is 1. The number of hydrogen-bond acceptors (Lipinski definition) is 2. The summed E-state index contributed by atoms with van der Waals surface area (Å²) in [7, 11) is 0. The molecule has 0 heterocycles. The van der Waals surface area contributed by atoms with E-state index in [-0.39, 0.29) is 12.5 Å². The Bertz CT molecular complexity index is 406. The third kappa shape index (κ3) is 2.93. The Morgan fingerprint density at radius 1 is 1.00 bits per heavy atom. The standard InChI is InChI=1S/C12H15F4NO/c1-6(2)3-4-18-12-10(15)8(13)7(5-17)9(14)11(12)16/h6H,3-5,17H2,1-2H3. The molecule has 1 aromatic carbocycles. The van der Waals surface area contributed by atoms with Crippen molar-refractivity contribution in [1.29, 1.82) is 0 Å². The van der Waals surface area contributed by atoms with Crippen LogP contribution in [0.3, 0.4) is 0 Å². The molecule has 1 aromatic rings. The van der Waals surface area contributed by atoms with Gasteiger partial charge < -0.3 is 10.5 Å². The quantitative estimate of drug-likeness (QED) is 0.655. The summed E-state index contributed by atoms with van der Waals surface area (Å²) in [6, 6.07) is 0. The molecule has 0 amide bonds. The van der Waals surface area contributed by atoms with E-state index >= 15 is 0 Å². The molecule has 1 rings (SSSR count). The first-order chi connectivity index (χ1) is 8.40. The van der Waals surface area contributed by atoms with Crippen molar-refractivity contribution in [2.24, 2.45) is 11.7 Å². The highest BCUT2D eigenvalue weighted by Gasteiger charge is 2.25. The van der Waals surface area contributed by atoms with E-state index in [1.54, 1.807) is 0 Å². The van der Waals surface area contributed by atoms with Crippen LogP contribution in [0.2, 0.25) is 0 Å². The fourth-order valence-corrected chi connectivity index (χ4v) is 1.36. The number of halogens is 4. The monoisotopic (exact) mass is 265 g/mol. The minimum atomic E-state index is -1.54. The highest BCUT2D eigenvalue weighted by Crippen LogP contribution is 2.30. The van der Waals surface area contributed by atoms with Gasteiger partial charge in [-0.1, -0.05) is 13.8 Å². The number of rotatable bonds is 5. The zero-order valence-electron chi connectivity index (χ0n) is 10.2. The summed E-state index contributed by atoms with van der Waals surface area (Å²) in [6.07, 6.45) is 0.515. The molecule has 0 radical (unpaired) electrons. The molecule has 0 unspecified atom stereocenters. The average molecular weight is 265 g/mol. The predicted octanol–water partition coefficient (Wildman–Crippen LogP) is 3.13. The number of nitrogens with two attached hydrogens (primary N) is 1. The van der Waals surface area contributed by atoms with Crippen molar-refractivity contribution < 1.29 is 22.3 Å². The van der Waals surface area contributed by atoms with Gasteiger partial charge in [0.1, 0.15) is 0 Å². The molecule has 0 aliphatic rings. The largest absolute Gasteiger partial charge is 0.487 e. The molecule has 0 fully saturated rings. The number of hydrogen-bond donors (Lipinski definition) is 1. The van der Waals surface area contributed by atoms with Crippen LogP contribution in [-0.4, -0.2) is 6.61 Å². The maximum atomic E-state index is 13.5. The summed E-state index contributed by atoms with van der Waals surface area (Å²) in [6.45, 7) is 3.12. The summed E-state index contributed by atoms with van der Waals surface area (Å²) in [5.41, 5.74) is 4.21. The van der Waals surface area contributed by atoms with E-state index in [0.717, 1.165) is 0 Å². The maximum absolute atomic E-state index is 13.5. The molecular formula is C12H15F4NO. The summed E-state index contributed by atoms with van der Waals surface area (Å²) in [4.78, 5) is 0. The Kier molecular flexibility index (Phi) is 4.95. The van der Waals surface area contributed by atoms with Gasteiger partial charge in [-0.3, -0.25) is 0 Å². The van der Waals surface area contributed by atoms with Gasteiger partial charge in [0.25, 0.3) is 0 Å². The van der Waals surface area contributed by atoms with Crippen molar-refractivity contribution in [3.8, 4) is 5.75 Å². The minimum Gasteiger partial charge on any atom is -0.487 e. The average Bonchev–Trinajstić information content (AvgIpc) is 2.31. The Balaban J connectivity index is 3.05. The first-order valence-electron chi connectivity index (χ1n) is 5.57. The summed E-state index contributed by atoms with van der Waals surface area (Å²) < 4.78 is 58.4. The van der Waals surface area contributed by atoms with Gasteiger partial charge in [-0.25, -0.2) is 8.78 Å². The van der Waals surface area contributed by atoms with Crippen molar-refractivity contribution in [3.05, 3.63) is 28.8 Å². The Hall–Kier alpha value is -1.30. The van der Waals surface area contributed by atoms with Gasteiger partial charge >= 0.3 is 0 Å². The van der Waals surface area contributed by atoms with Gasteiger partial charge in [0.05, 0.1) is 6.61 Å². The summed E-state index contributed by atoms with van der Waals surface area (Å²) in [5, 5.41) is 0. The van der Waals surface area contributed by atoms with Gasteiger partial charge in [-0.15, -0.1) is 0 Å². The van der Waals surface area contributed by atoms with E-state index in [2.05, 4.69) is 0 Å². The van der Waals surface area contributed by atoms with E-state index in [0.29, 0.717) is 6.42 Å². The molecule has 0 spiro atoms. The maximum Gasteiger partial charge on any atom is 0.204 e. The second-order valence-electron chi connectivity index (χ2n) is 4.30. The van der Waals surface area contributed by atoms with Crippen molar-refractivity contribution in [2.75, 3.05) is 6.61 Å². The molecule has 0 aromatic heterocycles. The van der Waals surface area contributed by atoms with Crippen molar-refractivity contribution in [3.63, 3.8) is 0 Å². The van der Waals surface area contributed by atoms with E-state index < -0.39 is 41.1 Å². The van der Waals surface area contributed by atoms with Crippen molar-refractivity contribution in [2.45, 2.75) is 26.8 Å². The molecule has 0 saturated carbocycles. The highest BCUT2D eigenvalue weighted by molar-refractivity contribution is 5.34. The lowest BCUT2D eigenvalue weighted by Gasteiger charge is -2.12. The van der Waals surface area contributed by atoms with Gasteiger partial charge in [0.2, 0.25) is 11.6 Å². The van der Waals surface area contributed by atoms with Crippen LogP contribution in [0.4, 0.5) is 17.6 Å². The third-order valence-electron chi connectivity index (χ3n) is 2.46. The van der Waals surface area contributed by atoms with Gasteiger partial charge in [0.15, 0.2) is 17.4 Å². The van der Waals surface area contributed by atoms with Crippen LogP contribution in [0, 0.1) is 29.2 Å². The number of benzene rings is 1. The predicted molar refractivity (Wildman–Crippen MR) is 59.1 cm³/mol. The summed E-state index contributed by atoms with van der Waals surface area (Å²) >= 11 is 0. The van der Waals surface area contributed by atoms with E-state index in [9.17, 15) is 17.6 Å². The van der Waals surface area contributed by atoms with Gasteiger partial charge in [-0.2, -0.15) is 8.78 Å². The smallest absolute Gasteiger partial charge is 0.204 e. The van der Waals surface area contributed by atoms with Crippen LogP contribution >= 0.6 is 0 Å². The fourth-order valence-electron chi connectivity index (χ4n) is 1.36. The van der Waals surface area contributed by atoms with E-state index in [4.69, 9.17) is 10.5 Å². The lowest BCUT2D eigenvalue weighted by Crippen LogP contribution is -2.12. The molecule has 0 atom stereocenters. The molecule has 2 nitrogen and oxygen atoms in total. The Labute approximate surface area is 103 Å². The third-order valence-corrected chi connectivity index (χ3v) is 2.46. The minimum absolute atomic E-state index is 0.0215. The fraction of sp³-hybridized carbons (Fsp3) is 0.500. The Morgan fingerprint density at radius 2 is 1.50 bits per heavy atom. The molecule has 0 aliphatic carbocycles. The molecule has 102 valence electrons. The van der Waals surface area contributed by atoms with Gasteiger partial charge in [-0.05, 0) is 12.3 Å². The topological polar surface area (TPSA) is 35.2 Å². The second kappa shape index (κ2) is 6.04. The van der Waals surface area contributed by atoms with Crippen LogP contribution in [0.15, 0.2) is 0 Å². The van der Waals surface area contributed by atoms with Crippen LogP contribution in [0.1, 0.15) is 25.8 Å². The van der Waals surface area contributed by atoms with Crippen LogP contribution in [0.25, 0.3) is 0 Å². The highest BCUT2D eigenvalue weighted by atomic mass is 19.2. The van der Waals surface area contributed by atoms with Crippen LogP contribution < -0.4 is 10.5 Å². The molecule has 6 heteroatoms. The molecule has 18 heavy (non-hydrogen) atoms. The zero-order chi connectivity index (χ0) is 13.9. The Morgan fingerprint density at radius 3 is 1.89 bits per heavy atom. The van der Waals surface area contributed by atoms with Gasteiger partial charge in [0, 0.05) is 12.1 Å². The SMILES string of the molecule is CC(C)CCOc1c(F)c(F)c(CN)c(F)c1F. The zero-order valence-corrected chi connectivity index (χ0v) is 10.2. The van der Waals surface area contributed by atoms with Crippen molar-refractivity contribution in [1.82, 2.24) is 0 Å². The normalized spacial score (nSPS) is 11.1. The van der Waals surface area contributed by atoms with E-state index in [1.165, 1.54) is 0 Å². The lowest BCUT2D eigenvalue weighted by atomic mass is 10.1. The molecule has 0 aliphatic heterocycles. The summed E-state index contributed by atoms with van der Waals surface area (Å²) in [5.74, 6) is -6.87. The van der Waals surface area contributed by atoms with Crippen LogP contribution in [0.5, 0.6) is 5.75 Å². The lowest BCUT2D eigenvalue weighted by molar-refractivity contribution is 0.252. The molecular weight excluding hydrogens is 250 g/mol. The van der Waals surface area contributed by atoms with E-state index in [1.807, 2.05) is 13.8 Å². The molecule has 2 N–H and O–H groups in total. The second-order valence-corrected chi connectivity index (χ2v) is 4.30. The van der Waals surface area contributed by atoms with Crippen LogP contribution in [-0.2, 0) is 6.54 Å². The first kappa shape index (κ1) is 14.8. The molecule has 0 saturated heterocycles. The first-order valence-corrected chi connectivity index (χ1v) is 5.57. The van der Waals surface area contributed by atoms with Crippen molar-refractivity contribution >= 4 is 0 Å².